The molecule has 33 heavy (non-hydrogen) atoms. The van der Waals surface area contributed by atoms with Crippen LogP contribution < -0.4 is 10.6 Å². The molecule has 2 fully saturated rings. The van der Waals surface area contributed by atoms with E-state index >= 15 is 0 Å². The first-order valence-corrected chi connectivity index (χ1v) is 10.8. The molecule has 0 unspecified atom stereocenters. The third kappa shape index (κ3) is 3.22. The van der Waals surface area contributed by atoms with E-state index in [2.05, 4.69) is 10.6 Å². The molecule has 0 aromatic heterocycles. The summed E-state index contributed by atoms with van der Waals surface area (Å²) in [6.45, 7) is -0.0727. The Hall–Kier alpha value is -3.30. The van der Waals surface area contributed by atoms with Gasteiger partial charge in [-0.3, -0.25) is 29.4 Å². The van der Waals surface area contributed by atoms with E-state index in [4.69, 9.17) is 11.6 Å². The minimum absolute atomic E-state index is 0.0604. The van der Waals surface area contributed by atoms with E-state index in [9.17, 15) is 28.7 Å². The number of hydrogen-bond donors (Lipinski definition) is 3. The maximum absolute atomic E-state index is 13.6. The Morgan fingerprint density at radius 3 is 2.55 bits per heavy atom. The van der Waals surface area contributed by atoms with Crippen LogP contribution in [0.1, 0.15) is 24.0 Å². The van der Waals surface area contributed by atoms with Crippen molar-refractivity contribution in [3.05, 3.63) is 64.4 Å². The van der Waals surface area contributed by atoms with Crippen molar-refractivity contribution in [2.45, 2.75) is 31.0 Å². The van der Waals surface area contributed by atoms with Gasteiger partial charge < -0.3 is 10.4 Å². The Morgan fingerprint density at radius 1 is 1.12 bits per heavy atom. The molecule has 0 radical (unpaired) electrons. The van der Waals surface area contributed by atoms with Crippen LogP contribution in [0.2, 0.25) is 5.02 Å². The van der Waals surface area contributed by atoms with E-state index in [0.717, 1.165) is 4.90 Å². The molecule has 5 rings (SSSR count). The number of carbonyl (C=O) groups excluding carboxylic acids is 3. The van der Waals surface area contributed by atoms with Crippen molar-refractivity contribution < 1.29 is 28.7 Å². The monoisotopic (exact) mass is 471 g/mol. The molecule has 3 N–H and O–H groups in total. The standard InChI is InChI=1S/C23H19ClFN3O5/c24-12-3-6-15-14(9-12)23(22(33)26-15)19-18(16(27-23)7-8-17(29)30)20(31)28(21(19)32)10-11-1-4-13(25)5-2-11/h1-6,9,16,18-19,27H,7-8,10H2,(H,26,33)(H,29,30)/t16-,18+,19-,23+/m0/s1. The first-order valence-electron chi connectivity index (χ1n) is 10.4. The lowest BCUT2D eigenvalue weighted by atomic mass is 9.76. The van der Waals surface area contributed by atoms with Gasteiger partial charge in [0.1, 0.15) is 11.4 Å². The van der Waals surface area contributed by atoms with E-state index < -0.39 is 52.9 Å². The number of hydrogen-bond acceptors (Lipinski definition) is 5. The van der Waals surface area contributed by atoms with Crippen LogP contribution in [0.3, 0.4) is 0 Å². The fourth-order valence-electron chi connectivity index (χ4n) is 5.29. The van der Waals surface area contributed by atoms with E-state index in [1.54, 1.807) is 18.2 Å². The molecule has 4 atom stereocenters. The van der Waals surface area contributed by atoms with Gasteiger partial charge in [0.25, 0.3) is 0 Å². The number of likely N-dealkylation sites (tertiary alicyclic amines) is 1. The highest BCUT2D eigenvalue weighted by molar-refractivity contribution is 6.31. The number of carbonyl (C=O) groups is 4. The van der Waals surface area contributed by atoms with Gasteiger partial charge in [0.05, 0.1) is 18.4 Å². The second-order valence-electron chi connectivity index (χ2n) is 8.53. The Morgan fingerprint density at radius 2 is 1.85 bits per heavy atom. The van der Waals surface area contributed by atoms with Crippen molar-refractivity contribution in [3.63, 3.8) is 0 Å². The zero-order chi connectivity index (χ0) is 23.5. The van der Waals surface area contributed by atoms with Gasteiger partial charge in [-0.25, -0.2) is 4.39 Å². The number of benzene rings is 2. The van der Waals surface area contributed by atoms with Gasteiger partial charge in [-0.2, -0.15) is 0 Å². The first-order chi connectivity index (χ1) is 15.7. The van der Waals surface area contributed by atoms with Crippen LogP contribution in [0.15, 0.2) is 42.5 Å². The summed E-state index contributed by atoms with van der Waals surface area (Å²) < 4.78 is 13.3. The van der Waals surface area contributed by atoms with Gasteiger partial charge in [0, 0.05) is 28.7 Å². The number of imide groups is 1. The predicted molar refractivity (Wildman–Crippen MR) is 114 cm³/mol. The Bertz CT molecular complexity index is 1200. The second kappa shape index (κ2) is 7.64. The lowest BCUT2D eigenvalue weighted by Crippen LogP contribution is -2.53. The molecule has 170 valence electrons. The number of carboxylic acid groups (broad SMARTS) is 1. The van der Waals surface area contributed by atoms with Gasteiger partial charge in [-0.15, -0.1) is 0 Å². The summed E-state index contributed by atoms with van der Waals surface area (Å²) in [4.78, 5) is 52.6. The van der Waals surface area contributed by atoms with E-state index in [1.807, 2.05) is 0 Å². The lowest BCUT2D eigenvalue weighted by Gasteiger charge is -2.29. The summed E-state index contributed by atoms with van der Waals surface area (Å²) in [5.41, 5.74) is -0.0518. The summed E-state index contributed by atoms with van der Waals surface area (Å²) >= 11 is 6.19. The highest BCUT2D eigenvalue weighted by Gasteiger charge is 2.70. The zero-order valence-electron chi connectivity index (χ0n) is 17.2. The number of nitrogens with zero attached hydrogens (tertiary/aromatic N) is 1. The number of carboxylic acids is 1. The summed E-state index contributed by atoms with van der Waals surface area (Å²) in [5, 5.41) is 15.5. The molecule has 1 spiro atoms. The van der Waals surface area contributed by atoms with Gasteiger partial charge in [0.2, 0.25) is 17.7 Å². The fraction of sp³-hybridized carbons (Fsp3) is 0.304. The quantitative estimate of drug-likeness (QED) is 0.576. The van der Waals surface area contributed by atoms with Gasteiger partial charge in [0.15, 0.2) is 0 Å². The second-order valence-corrected chi connectivity index (χ2v) is 8.96. The molecular formula is C23H19ClFN3O5. The average molecular weight is 472 g/mol. The average Bonchev–Trinajstić information content (AvgIpc) is 3.34. The van der Waals surface area contributed by atoms with Crippen molar-refractivity contribution in [2.24, 2.45) is 11.8 Å². The number of fused-ring (bicyclic) bond motifs is 4. The molecule has 2 saturated heterocycles. The smallest absolute Gasteiger partial charge is 0.303 e. The van der Waals surface area contributed by atoms with Crippen molar-refractivity contribution in [1.29, 1.82) is 0 Å². The van der Waals surface area contributed by atoms with Gasteiger partial charge >= 0.3 is 5.97 Å². The Kier molecular flexibility index (Phi) is 4.98. The van der Waals surface area contributed by atoms with Crippen molar-refractivity contribution in [2.75, 3.05) is 5.32 Å². The van der Waals surface area contributed by atoms with Crippen molar-refractivity contribution in [3.8, 4) is 0 Å². The van der Waals surface area contributed by atoms with Crippen LogP contribution in [0.25, 0.3) is 0 Å². The number of rotatable bonds is 5. The Labute approximate surface area is 192 Å². The number of amides is 3. The third-order valence-electron chi connectivity index (χ3n) is 6.69. The molecule has 3 amide bonds. The van der Waals surface area contributed by atoms with Crippen LogP contribution in [0, 0.1) is 17.7 Å². The van der Waals surface area contributed by atoms with Crippen LogP contribution in [-0.2, 0) is 31.3 Å². The molecule has 3 aliphatic heterocycles. The van der Waals surface area contributed by atoms with Crippen molar-refractivity contribution in [1.82, 2.24) is 10.2 Å². The summed E-state index contributed by atoms with van der Waals surface area (Å²) in [7, 11) is 0. The van der Waals surface area contributed by atoms with Crippen LogP contribution >= 0.6 is 11.6 Å². The zero-order valence-corrected chi connectivity index (χ0v) is 17.9. The predicted octanol–water partition coefficient (Wildman–Crippen LogP) is 2.26. The van der Waals surface area contributed by atoms with E-state index in [1.165, 1.54) is 24.3 Å². The van der Waals surface area contributed by atoms with Crippen molar-refractivity contribution >= 4 is 41.0 Å². The molecule has 0 bridgehead atoms. The molecule has 2 aromatic rings. The molecule has 10 heteroatoms. The van der Waals surface area contributed by atoms with E-state index in [-0.39, 0.29) is 19.4 Å². The minimum atomic E-state index is -1.54. The normalized spacial score (nSPS) is 27.8. The third-order valence-corrected chi connectivity index (χ3v) is 6.93. The number of halogens is 2. The summed E-state index contributed by atoms with van der Waals surface area (Å²) in [6.07, 6.45) is -0.175. The highest BCUT2D eigenvalue weighted by Crippen LogP contribution is 2.54. The number of nitrogens with one attached hydrogen (secondary N) is 2. The summed E-state index contributed by atoms with van der Waals surface area (Å²) in [6, 6.07) is 9.55. The molecule has 2 aromatic carbocycles. The van der Waals surface area contributed by atoms with Gasteiger partial charge in [-0.1, -0.05) is 23.7 Å². The molecule has 3 aliphatic rings. The van der Waals surface area contributed by atoms with Crippen LogP contribution in [0.4, 0.5) is 10.1 Å². The fourth-order valence-corrected chi connectivity index (χ4v) is 5.46. The maximum Gasteiger partial charge on any atom is 0.303 e. The van der Waals surface area contributed by atoms with E-state index in [0.29, 0.717) is 21.8 Å². The largest absolute Gasteiger partial charge is 0.481 e. The summed E-state index contributed by atoms with van der Waals surface area (Å²) in [5.74, 6) is -4.99. The molecule has 0 aliphatic carbocycles. The first kappa shape index (κ1) is 21.5. The molecule has 3 heterocycles. The minimum Gasteiger partial charge on any atom is -0.481 e. The highest BCUT2D eigenvalue weighted by atomic mass is 35.5. The SMILES string of the molecule is O=C(O)CC[C@@H]1N[C@@]2(C(=O)Nc3ccc(Cl)cc32)[C@@H]2C(=O)N(Cc3ccc(F)cc3)C(=O)[C@H]12. The molecule has 0 saturated carbocycles. The molecular weight excluding hydrogens is 453 g/mol. The maximum atomic E-state index is 13.6. The van der Waals surface area contributed by atoms with Crippen LogP contribution in [0.5, 0.6) is 0 Å². The number of aliphatic carboxylic acids is 1. The Balaban J connectivity index is 1.58. The topological polar surface area (TPSA) is 116 Å². The van der Waals surface area contributed by atoms with Gasteiger partial charge in [-0.05, 0) is 42.3 Å². The van der Waals surface area contributed by atoms with Crippen LogP contribution in [-0.4, -0.2) is 39.7 Å². The number of anilines is 1. The molecule has 8 nitrogen and oxygen atoms in total. The lowest BCUT2D eigenvalue weighted by molar-refractivity contribution is -0.144.